The number of carbonyl (C=O) groups excluding carboxylic acids is 1. The third-order valence-corrected chi connectivity index (χ3v) is 6.17. The molecule has 1 aliphatic carbocycles. The van der Waals surface area contributed by atoms with Crippen molar-refractivity contribution in [2.75, 3.05) is 27.2 Å². The fraction of sp³-hybridized carbons (Fsp3) is 0.700. The molecule has 1 amide bonds. The zero-order valence-electron chi connectivity index (χ0n) is 15.2. The van der Waals surface area contributed by atoms with E-state index in [-0.39, 0.29) is 0 Å². The van der Waals surface area contributed by atoms with E-state index in [9.17, 15) is 4.79 Å². The monoisotopic (exact) mass is 329 g/mol. The van der Waals surface area contributed by atoms with Gasteiger partial charge >= 0.3 is 0 Å². The molecule has 1 saturated carbocycles. The number of amides is 1. The molecule has 0 N–H and O–H groups in total. The molecule has 1 spiro atoms. The molecule has 2 heterocycles. The standard InChI is InChI=1S/C20H31N3O/c1-22(2)19(24)14-17-5-7-20(8-6-17)9-12-23(13-10-20)16-18-4-3-11-21-15-18/h3-4,11,15,17H,5-10,12-14,16H2,1-2H3. The highest BCUT2D eigenvalue weighted by Crippen LogP contribution is 2.47. The first kappa shape index (κ1) is 17.4. The van der Waals surface area contributed by atoms with Crippen LogP contribution in [0.3, 0.4) is 0 Å². The molecule has 0 radical (unpaired) electrons. The molecule has 1 saturated heterocycles. The van der Waals surface area contributed by atoms with E-state index in [0.29, 0.717) is 17.2 Å². The lowest BCUT2D eigenvalue weighted by molar-refractivity contribution is -0.130. The van der Waals surface area contributed by atoms with Crippen molar-refractivity contribution in [2.45, 2.75) is 51.5 Å². The average molecular weight is 329 g/mol. The zero-order chi connectivity index (χ0) is 17.0. The summed E-state index contributed by atoms with van der Waals surface area (Å²) < 4.78 is 0. The van der Waals surface area contributed by atoms with E-state index in [2.05, 4.69) is 16.0 Å². The van der Waals surface area contributed by atoms with Crippen LogP contribution in [0, 0.1) is 11.3 Å². The number of hydrogen-bond donors (Lipinski definition) is 0. The van der Waals surface area contributed by atoms with Crippen molar-refractivity contribution in [3.8, 4) is 0 Å². The Morgan fingerprint density at radius 3 is 2.54 bits per heavy atom. The predicted molar refractivity (Wildman–Crippen MR) is 96.5 cm³/mol. The molecule has 0 unspecified atom stereocenters. The van der Waals surface area contributed by atoms with Gasteiger partial charge in [-0.3, -0.25) is 14.7 Å². The molecule has 0 atom stereocenters. The van der Waals surface area contributed by atoms with Gasteiger partial charge in [0.1, 0.15) is 0 Å². The largest absolute Gasteiger partial charge is 0.349 e. The minimum Gasteiger partial charge on any atom is -0.349 e. The normalized spacial score (nSPS) is 21.8. The summed E-state index contributed by atoms with van der Waals surface area (Å²) in [4.78, 5) is 20.4. The number of aromatic nitrogens is 1. The van der Waals surface area contributed by atoms with Gasteiger partial charge in [0.05, 0.1) is 0 Å². The lowest BCUT2D eigenvalue weighted by atomic mass is 9.65. The second kappa shape index (κ2) is 7.64. The van der Waals surface area contributed by atoms with Crippen LogP contribution in [0.15, 0.2) is 24.5 Å². The first-order valence-corrected chi connectivity index (χ1v) is 9.38. The first-order valence-electron chi connectivity index (χ1n) is 9.38. The van der Waals surface area contributed by atoms with Crippen molar-refractivity contribution in [1.29, 1.82) is 0 Å². The Hall–Kier alpha value is -1.42. The lowest BCUT2D eigenvalue weighted by Crippen LogP contribution is -2.42. The van der Waals surface area contributed by atoms with Crippen LogP contribution >= 0.6 is 0 Å². The van der Waals surface area contributed by atoms with Crippen molar-refractivity contribution in [2.24, 2.45) is 11.3 Å². The van der Waals surface area contributed by atoms with Crippen LogP contribution in [0.2, 0.25) is 0 Å². The third kappa shape index (κ3) is 4.35. The summed E-state index contributed by atoms with van der Waals surface area (Å²) in [6.07, 6.45) is 12.3. The summed E-state index contributed by atoms with van der Waals surface area (Å²) in [7, 11) is 3.73. The number of carbonyl (C=O) groups is 1. The summed E-state index contributed by atoms with van der Waals surface area (Å²) >= 11 is 0. The van der Waals surface area contributed by atoms with Gasteiger partial charge in [-0.05, 0) is 74.6 Å². The Kier molecular flexibility index (Phi) is 5.54. The Bertz CT molecular complexity index is 525. The van der Waals surface area contributed by atoms with Gasteiger partial charge in [-0.2, -0.15) is 0 Å². The topological polar surface area (TPSA) is 36.4 Å². The SMILES string of the molecule is CN(C)C(=O)CC1CCC2(CC1)CCN(Cc1cccnc1)CC2. The molecule has 0 bridgehead atoms. The van der Waals surface area contributed by atoms with Gasteiger partial charge in [-0.1, -0.05) is 6.07 Å². The van der Waals surface area contributed by atoms with Gasteiger partial charge in [0.25, 0.3) is 0 Å². The zero-order valence-corrected chi connectivity index (χ0v) is 15.2. The quantitative estimate of drug-likeness (QED) is 0.850. The van der Waals surface area contributed by atoms with Crippen LogP contribution in [0.5, 0.6) is 0 Å². The molecule has 2 aliphatic rings. The predicted octanol–water partition coefficient (Wildman–Crippen LogP) is 3.33. The van der Waals surface area contributed by atoms with E-state index in [1.807, 2.05) is 32.6 Å². The Morgan fingerprint density at radius 2 is 1.96 bits per heavy atom. The molecule has 4 nitrogen and oxygen atoms in total. The maximum absolute atomic E-state index is 11.9. The van der Waals surface area contributed by atoms with Crippen LogP contribution < -0.4 is 0 Å². The Morgan fingerprint density at radius 1 is 1.25 bits per heavy atom. The summed E-state index contributed by atoms with van der Waals surface area (Å²) in [5.41, 5.74) is 1.88. The van der Waals surface area contributed by atoms with Gasteiger partial charge in [-0.15, -0.1) is 0 Å². The van der Waals surface area contributed by atoms with Crippen molar-refractivity contribution in [3.05, 3.63) is 30.1 Å². The van der Waals surface area contributed by atoms with Crippen LogP contribution in [0.25, 0.3) is 0 Å². The molecular weight excluding hydrogens is 298 g/mol. The van der Waals surface area contributed by atoms with E-state index >= 15 is 0 Å². The molecule has 1 aliphatic heterocycles. The highest BCUT2D eigenvalue weighted by atomic mass is 16.2. The highest BCUT2D eigenvalue weighted by molar-refractivity contribution is 5.75. The van der Waals surface area contributed by atoms with E-state index in [1.165, 1.54) is 57.2 Å². The maximum atomic E-state index is 11.9. The molecule has 132 valence electrons. The number of hydrogen-bond acceptors (Lipinski definition) is 3. The van der Waals surface area contributed by atoms with Crippen molar-refractivity contribution in [1.82, 2.24) is 14.8 Å². The van der Waals surface area contributed by atoms with Crippen molar-refractivity contribution < 1.29 is 4.79 Å². The number of piperidine rings is 1. The number of pyridine rings is 1. The number of rotatable bonds is 4. The molecule has 1 aromatic heterocycles. The lowest BCUT2D eigenvalue weighted by Gasteiger charge is -2.46. The van der Waals surface area contributed by atoms with Gasteiger partial charge in [0, 0.05) is 39.5 Å². The first-order chi connectivity index (χ1) is 11.6. The van der Waals surface area contributed by atoms with E-state index in [4.69, 9.17) is 0 Å². The minimum atomic E-state index is 0.294. The summed E-state index contributed by atoms with van der Waals surface area (Å²) in [5, 5.41) is 0. The Labute approximate surface area is 146 Å². The van der Waals surface area contributed by atoms with E-state index in [0.717, 1.165) is 13.0 Å². The Balaban J connectivity index is 1.44. The molecule has 3 rings (SSSR count). The third-order valence-electron chi connectivity index (χ3n) is 6.17. The van der Waals surface area contributed by atoms with Crippen LogP contribution in [-0.4, -0.2) is 47.9 Å². The van der Waals surface area contributed by atoms with Crippen LogP contribution in [-0.2, 0) is 11.3 Å². The molecule has 1 aromatic rings. The summed E-state index contributed by atoms with van der Waals surface area (Å²) in [5.74, 6) is 0.904. The number of nitrogens with zero attached hydrogens (tertiary/aromatic N) is 3. The molecule has 24 heavy (non-hydrogen) atoms. The summed E-state index contributed by atoms with van der Waals surface area (Å²) in [6, 6.07) is 4.20. The minimum absolute atomic E-state index is 0.294. The van der Waals surface area contributed by atoms with Crippen LogP contribution in [0.4, 0.5) is 0 Å². The van der Waals surface area contributed by atoms with E-state index < -0.39 is 0 Å². The van der Waals surface area contributed by atoms with Crippen LogP contribution in [0.1, 0.15) is 50.5 Å². The molecule has 4 heteroatoms. The fourth-order valence-electron chi connectivity index (χ4n) is 4.36. The maximum Gasteiger partial charge on any atom is 0.222 e. The van der Waals surface area contributed by atoms with Gasteiger partial charge < -0.3 is 4.90 Å². The fourth-order valence-corrected chi connectivity index (χ4v) is 4.36. The van der Waals surface area contributed by atoms with Gasteiger partial charge in [-0.25, -0.2) is 0 Å². The second-order valence-electron chi connectivity index (χ2n) is 8.07. The summed E-state index contributed by atoms with van der Waals surface area (Å²) in [6.45, 7) is 3.44. The van der Waals surface area contributed by atoms with E-state index in [1.54, 1.807) is 4.90 Å². The number of likely N-dealkylation sites (tertiary alicyclic amines) is 1. The van der Waals surface area contributed by atoms with Gasteiger partial charge in [0.15, 0.2) is 0 Å². The van der Waals surface area contributed by atoms with Crippen molar-refractivity contribution in [3.63, 3.8) is 0 Å². The molecule has 2 fully saturated rings. The molecule has 0 aromatic carbocycles. The average Bonchev–Trinajstić information content (AvgIpc) is 2.60. The molecular formula is C20H31N3O. The van der Waals surface area contributed by atoms with Crippen molar-refractivity contribution >= 4 is 5.91 Å². The van der Waals surface area contributed by atoms with Gasteiger partial charge in [0.2, 0.25) is 5.91 Å². The second-order valence-corrected chi connectivity index (χ2v) is 8.07. The smallest absolute Gasteiger partial charge is 0.222 e. The highest BCUT2D eigenvalue weighted by Gasteiger charge is 2.38.